The number of hydrogen-bond acceptors (Lipinski definition) is 3. The van der Waals surface area contributed by atoms with Crippen molar-refractivity contribution in [3.05, 3.63) is 40.9 Å². The summed E-state index contributed by atoms with van der Waals surface area (Å²) in [6.45, 7) is 7.30. The Bertz CT molecular complexity index is 582. The van der Waals surface area contributed by atoms with Gasteiger partial charge in [0.2, 0.25) is 0 Å². The monoisotopic (exact) mass is 293 g/mol. The highest BCUT2D eigenvalue weighted by Gasteiger charge is 2.39. The van der Waals surface area contributed by atoms with Gasteiger partial charge >= 0.3 is 5.97 Å². The van der Waals surface area contributed by atoms with Crippen molar-refractivity contribution in [1.82, 2.24) is 0 Å². The molecule has 0 aliphatic carbocycles. The molecule has 1 aromatic carbocycles. The molecular formula is C15H16ClNO3. The number of hydrogen-bond donors (Lipinski definition) is 0. The summed E-state index contributed by atoms with van der Waals surface area (Å²) in [6, 6.07) is 4.58. The summed E-state index contributed by atoms with van der Waals surface area (Å²) in [4.78, 5) is 25.8. The van der Waals surface area contributed by atoms with E-state index in [1.165, 1.54) is 4.90 Å². The highest BCUT2D eigenvalue weighted by atomic mass is 35.5. The third-order valence-electron chi connectivity index (χ3n) is 3.17. The second-order valence-corrected chi connectivity index (χ2v) is 5.14. The van der Waals surface area contributed by atoms with Crippen molar-refractivity contribution >= 4 is 29.2 Å². The molecule has 0 spiro atoms. The minimum atomic E-state index is -0.646. The number of fused-ring (bicyclic) bond motifs is 1. The molecule has 1 amide bonds. The minimum absolute atomic E-state index is 0.274. The fourth-order valence-corrected chi connectivity index (χ4v) is 2.50. The minimum Gasteiger partial charge on any atom is -0.464 e. The van der Waals surface area contributed by atoms with Gasteiger partial charge in [-0.25, -0.2) is 4.79 Å². The van der Waals surface area contributed by atoms with Gasteiger partial charge in [-0.05, 0) is 37.6 Å². The summed E-state index contributed by atoms with van der Waals surface area (Å²) in [5.41, 5.74) is 1.94. The van der Waals surface area contributed by atoms with Crippen LogP contribution in [-0.4, -0.2) is 24.5 Å². The molecular weight excluding hydrogens is 278 g/mol. The molecule has 1 heterocycles. The van der Waals surface area contributed by atoms with E-state index in [1.54, 1.807) is 32.0 Å². The van der Waals surface area contributed by atoms with Crippen LogP contribution in [0.25, 0.3) is 0 Å². The first-order valence-corrected chi connectivity index (χ1v) is 6.77. The molecule has 4 nitrogen and oxygen atoms in total. The molecule has 2 rings (SSSR count). The van der Waals surface area contributed by atoms with Crippen LogP contribution in [-0.2, 0) is 20.7 Å². The SMILES string of the molecule is C=C(C)C(=O)N1c2ccc(Cl)cc2CC1C(=O)OCC. The van der Waals surface area contributed by atoms with Crippen LogP contribution in [0.2, 0.25) is 5.02 Å². The Kier molecular flexibility index (Phi) is 4.14. The zero-order valence-corrected chi connectivity index (χ0v) is 12.2. The maximum Gasteiger partial charge on any atom is 0.329 e. The Morgan fingerprint density at radius 1 is 1.50 bits per heavy atom. The number of ether oxygens (including phenoxy) is 1. The average molecular weight is 294 g/mol. The smallest absolute Gasteiger partial charge is 0.329 e. The molecule has 0 fully saturated rings. The highest BCUT2D eigenvalue weighted by Crippen LogP contribution is 2.35. The zero-order valence-electron chi connectivity index (χ0n) is 11.5. The fourth-order valence-electron chi connectivity index (χ4n) is 2.30. The lowest BCUT2D eigenvalue weighted by molar-refractivity contribution is -0.145. The van der Waals surface area contributed by atoms with Gasteiger partial charge < -0.3 is 4.74 Å². The molecule has 1 unspecified atom stereocenters. The second-order valence-electron chi connectivity index (χ2n) is 4.70. The van der Waals surface area contributed by atoms with Crippen LogP contribution in [0.1, 0.15) is 19.4 Å². The highest BCUT2D eigenvalue weighted by molar-refractivity contribution is 6.30. The van der Waals surface area contributed by atoms with Gasteiger partial charge in [0.15, 0.2) is 0 Å². The third-order valence-corrected chi connectivity index (χ3v) is 3.40. The van der Waals surface area contributed by atoms with Crippen molar-refractivity contribution < 1.29 is 14.3 Å². The van der Waals surface area contributed by atoms with Gasteiger partial charge in [-0.3, -0.25) is 9.69 Å². The van der Waals surface area contributed by atoms with Crippen LogP contribution in [0, 0.1) is 0 Å². The average Bonchev–Trinajstić information content (AvgIpc) is 2.76. The summed E-state index contributed by atoms with van der Waals surface area (Å²) in [5, 5.41) is 0.580. The van der Waals surface area contributed by atoms with Gasteiger partial charge in [0.1, 0.15) is 6.04 Å². The molecule has 1 aliphatic rings. The Morgan fingerprint density at radius 2 is 2.20 bits per heavy atom. The topological polar surface area (TPSA) is 46.6 Å². The van der Waals surface area contributed by atoms with Crippen LogP contribution in [0.15, 0.2) is 30.4 Å². The summed E-state index contributed by atoms with van der Waals surface area (Å²) < 4.78 is 5.05. The van der Waals surface area contributed by atoms with Crippen molar-refractivity contribution in [2.24, 2.45) is 0 Å². The summed E-state index contributed by atoms with van der Waals surface area (Å²) in [7, 11) is 0. The zero-order chi connectivity index (χ0) is 14.9. The lowest BCUT2D eigenvalue weighted by Gasteiger charge is -2.24. The summed E-state index contributed by atoms with van der Waals surface area (Å²) in [5.74, 6) is -0.682. The molecule has 0 aromatic heterocycles. The lowest BCUT2D eigenvalue weighted by Crippen LogP contribution is -2.44. The molecule has 0 bridgehead atoms. The molecule has 0 saturated heterocycles. The van der Waals surface area contributed by atoms with Crippen LogP contribution >= 0.6 is 11.6 Å². The van der Waals surface area contributed by atoms with Crippen LogP contribution < -0.4 is 4.90 Å². The Morgan fingerprint density at radius 3 is 2.80 bits per heavy atom. The van der Waals surface area contributed by atoms with Crippen molar-refractivity contribution in [1.29, 1.82) is 0 Å². The number of nitrogens with zero attached hydrogens (tertiary/aromatic N) is 1. The van der Waals surface area contributed by atoms with Crippen LogP contribution in [0.3, 0.4) is 0 Å². The molecule has 0 radical (unpaired) electrons. The largest absolute Gasteiger partial charge is 0.464 e. The number of amides is 1. The first-order chi connectivity index (χ1) is 9.45. The normalized spacial score (nSPS) is 16.8. The number of halogens is 1. The van der Waals surface area contributed by atoms with Gasteiger partial charge in [0.25, 0.3) is 5.91 Å². The first kappa shape index (κ1) is 14.6. The van der Waals surface area contributed by atoms with Crippen molar-refractivity contribution in [3.8, 4) is 0 Å². The molecule has 0 N–H and O–H groups in total. The van der Waals surface area contributed by atoms with E-state index in [-0.39, 0.29) is 12.5 Å². The fraction of sp³-hybridized carbons (Fsp3) is 0.333. The third kappa shape index (κ3) is 2.56. The first-order valence-electron chi connectivity index (χ1n) is 6.39. The molecule has 5 heteroatoms. The second kappa shape index (κ2) is 5.67. The number of carbonyl (C=O) groups excluding carboxylic acids is 2. The number of carbonyl (C=O) groups is 2. The van der Waals surface area contributed by atoms with Gasteiger partial charge in [-0.15, -0.1) is 0 Å². The van der Waals surface area contributed by atoms with Crippen molar-refractivity contribution in [3.63, 3.8) is 0 Å². The van der Waals surface area contributed by atoms with Gasteiger partial charge in [-0.2, -0.15) is 0 Å². The molecule has 0 saturated carbocycles. The quantitative estimate of drug-likeness (QED) is 0.636. The predicted octanol–water partition coefficient (Wildman–Crippen LogP) is 2.74. The van der Waals surface area contributed by atoms with E-state index in [1.807, 2.05) is 0 Å². The molecule has 106 valence electrons. The lowest BCUT2D eigenvalue weighted by atomic mass is 10.1. The van der Waals surface area contributed by atoms with Crippen molar-refractivity contribution in [2.75, 3.05) is 11.5 Å². The summed E-state index contributed by atoms with van der Waals surface area (Å²) in [6.07, 6.45) is 0.410. The van der Waals surface area contributed by atoms with Gasteiger partial charge in [0, 0.05) is 22.7 Å². The summed E-state index contributed by atoms with van der Waals surface area (Å²) >= 11 is 5.96. The van der Waals surface area contributed by atoms with E-state index in [2.05, 4.69) is 6.58 Å². The van der Waals surface area contributed by atoms with Crippen LogP contribution in [0.4, 0.5) is 5.69 Å². The van der Waals surface area contributed by atoms with E-state index in [9.17, 15) is 9.59 Å². The Balaban J connectivity index is 2.43. The van der Waals surface area contributed by atoms with Crippen LogP contribution in [0.5, 0.6) is 0 Å². The number of benzene rings is 1. The van der Waals surface area contributed by atoms with Gasteiger partial charge in [-0.1, -0.05) is 18.2 Å². The van der Waals surface area contributed by atoms with E-state index in [0.29, 0.717) is 22.7 Å². The van der Waals surface area contributed by atoms with E-state index < -0.39 is 12.0 Å². The van der Waals surface area contributed by atoms with Gasteiger partial charge in [0.05, 0.1) is 6.61 Å². The van der Waals surface area contributed by atoms with E-state index in [4.69, 9.17) is 16.3 Å². The predicted molar refractivity (Wildman–Crippen MR) is 77.9 cm³/mol. The number of rotatable bonds is 3. The van der Waals surface area contributed by atoms with E-state index in [0.717, 1.165) is 5.56 Å². The molecule has 1 atom stereocenters. The molecule has 1 aliphatic heterocycles. The number of esters is 1. The molecule has 1 aromatic rings. The van der Waals surface area contributed by atoms with Crippen molar-refractivity contribution in [2.45, 2.75) is 26.3 Å². The molecule has 20 heavy (non-hydrogen) atoms. The maximum absolute atomic E-state index is 12.3. The number of anilines is 1. The van der Waals surface area contributed by atoms with E-state index >= 15 is 0 Å². The Hall–Kier alpha value is -1.81. The standard InChI is InChI=1S/C15H16ClNO3/c1-4-20-15(19)13-8-10-7-11(16)5-6-12(10)17(13)14(18)9(2)3/h5-7,13H,2,4,8H2,1,3H3. The Labute approximate surface area is 123 Å². The maximum atomic E-state index is 12.3.